The molecule has 1 aromatic heterocycles. The van der Waals surface area contributed by atoms with Gasteiger partial charge in [-0.1, -0.05) is 0 Å². The van der Waals surface area contributed by atoms with Crippen molar-refractivity contribution in [1.82, 2.24) is 20.4 Å². The Bertz CT molecular complexity index is 303. The number of rotatable bonds is 2. The molecule has 64 valence electrons. The molecule has 0 saturated heterocycles. The van der Waals surface area contributed by atoms with Crippen LogP contribution in [0.5, 0.6) is 0 Å². The zero-order valence-electron chi connectivity index (χ0n) is 6.85. The van der Waals surface area contributed by atoms with E-state index in [0.717, 1.165) is 0 Å². The minimum absolute atomic E-state index is 0.213. The molecule has 1 N–H and O–H groups in total. The van der Waals surface area contributed by atoms with Crippen LogP contribution in [0.25, 0.3) is 0 Å². The molecule has 0 aliphatic rings. The summed E-state index contributed by atoms with van der Waals surface area (Å²) in [7, 11) is 1.70. The standard InChI is InChI=1S/C6H9N5O/c1-5(12)9-7-3-6-4-8-11(2)10-6/h3-4H,1-2H3,(H,9,12)/b7-3+. The van der Waals surface area contributed by atoms with Gasteiger partial charge in [-0.15, -0.1) is 0 Å². The topological polar surface area (TPSA) is 72.2 Å². The molecular formula is C6H9N5O. The number of hydrogen-bond donors (Lipinski definition) is 1. The van der Waals surface area contributed by atoms with E-state index in [9.17, 15) is 4.79 Å². The Kier molecular flexibility index (Phi) is 2.52. The lowest BCUT2D eigenvalue weighted by atomic mass is 10.5. The first-order valence-corrected chi connectivity index (χ1v) is 3.34. The minimum atomic E-state index is -0.213. The van der Waals surface area contributed by atoms with Crippen molar-refractivity contribution < 1.29 is 4.79 Å². The minimum Gasteiger partial charge on any atom is -0.274 e. The largest absolute Gasteiger partial charge is 0.274 e. The smallest absolute Gasteiger partial charge is 0.236 e. The van der Waals surface area contributed by atoms with Crippen LogP contribution in [0.3, 0.4) is 0 Å². The summed E-state index contributed by atoms with van der Waals surface area (Å²) in [4.78, 5) is 11.8. The van der Waals surface area contributed by atoms with Gasteiger partial charge in [-0.3, -0.25) is 4.79 Å². The number of nitrogens with zero attached hydrogens (tertiary/aromatic N) is 4. The lowest BCUT2D eigenvalue weighted by Crippen LogP contribution is -2.12. The average Bonchev–Trinajstić information content (AvgIpc) is 2.35. The molecule has 0 radical (unpaired) electrons. The van der Waals surface area contributed by atoms with Crippen LogP contribution in [-0.2, 0) is 11.8 Å². The Hall–Kier alpha value is -1.72. The van der Waals surface area contributed by atoms with Crippen LogP contribution >= 0.6 is 0 Å². The first-order valence-electron chi connectivity index (χ1n) is 3.34. The fraction of sp³-hybridized carbons (Fsp3) is 0.333. The predicted octanol–water partition coefficient (Wildman–Crippen LogP) is -0.715. The molecule has 6 heteroatoms. The van der Waals surface area contributed by atoms with E-state index in [2.05, 4.69) is 20.7 Å². The summed E-state index contributed by atoms with van der Waals surface area (Å²) in [5.74, 6) is -0.213. The fourth-order valence-electron chi connectivity index (χ4n) is 0.610. The third-order valence-corrected chi connectivity index (χ3v) is 1.04. The third-order valence-electron chi connectivity index (χ3n) is 1.04. The number of carbonyl (C=O) groups is 1. The Morgan fingerprint density at radius 3 is 3.08 bits per heavy atom. The molecule has 0 aliphatic carbocycles. The zero-order valence-corrected chi connectivity index (χ0v) is 6.85. The summed E-state index contributed by atoms with van der Waals surface area (Å²) in [6.45, 7) is 1.38. The summed E-state index contributed by atoms with van der Waals surface area (Å²) in [6, 6.07) is 0. The van der Waals surface area contributed by atoms with Crippen LogP contribution in [0.1, 0.15) is 12.6 Å². The van der Waals surface area contributed by atoms with Crippen molar-refractivity contribution in [1.29, 1.82) is 0 Å². The molecule has 0 aromatic carbocycles. The van der Waals surface area contributed by atoms with Crippen molar-refractivity contribution in [3.05, 3.63) is 11.9 Å². The van der Waals surface area contributed by atoms with Crippen LogP contribution in [0.4, 0.5) is 0 Å². The van der Waals surface area contributed by atoms with E-state index in [-0.39, 0.29) is 5.91 Å². The normalized spacial score (nSPS) is 10.5. The van der Waals surface area contributed by atoms with Gasteiger partial charge < -0.3 is 0 Å². The SMILES string of the molecule is CC(=O)N/N=C/c1cnn(C)n1. The molecule has 0 saturated carbocycles. The molecule has 1 rings (SSSR count). The van der Waals surface area contributed by atoms with E-state index in [4.69, 9.17) is 0 Å². The van der Waals surface area contributed by atoms with Gasteiger partial charge in [0, 0.05) is 14.0 Å². The van der Waals surface area contributed by atoms with Crippen molar-refractivity contribution in [3.8, 4) is 0 Å². The second-order valence-electron chi connectivity index (χ2n) is 2.19. The van der Waals surface area contributed by atoms with Crippen molar-refractivity contribution >= 4 is 12.1 Å². The fourth-order valence-corrected chi connectivity index (χ4v) is 0.610. The molecule has 1 heterocycles. The summed E-state index contributed by atoms with van der Waals surface area (Å²) in [5, 5.41) is 11.3. The van der Waals surface area contributed by atoms with Gasteiger partial charge in [0.1, 0.15) is 5.69 Å². The molecule has 0 unspecified atom stereocenters. The van der Waals surface area contributed by atoms with Crippen LogP contribution in [0.15, 0.2) is 11.3 Å². The Morgan fingerprint density at radius 1 is 1.83 bits per heavy atom. The predicted molar refractivity (Wildman–Crippen MR) is 42.4 cm³/mol. The maximum absolute atomic E-state index is 10.4. The zero-order chi connectivity index (χ0) is 8.97. The summed E-state index contributed by atoms with van der Waals surface area (Å²) in [5.41, 5.74) is 2.86. The number of nitrogens with one attached hydrogen (secondary N) is 1. The van der Waals surface area contributed by atoms with E-state index in [1.807, 2.05) is 0 Å². The number of aryl methyl sites for hydroxylation is 1. The Labute approximate surface area is 69.3 Å². The number of carbonyl (C=O) groups excluding carboxylic acids is 1. The first-order chi connectivity index (χ1) is 5.68. The van der Waals surface area contributed by atoms with Gasteiger partial charge in [-0.2, -0.15) is 20.1 Å². The van der Waals surface area contributed by atoms with Crippen molar-refractivity contribution in [2.75, 3.05) is 0 Å². The molecule has 0 aliphatic heterocycles. The highest BCUT2D eigenvalue weighted by molar-refractivity contribution is 5.79. The van der Waals surface area contributed by atoms with Gasteiger partial charge in [0.05, 0.1) is 12.4 Å². The lowest BCUT2D eigenvalue weighted by Gasteiger charge is -1.87. The van der Waals surface area contributed by atoms with E-state index >= 15 is 0 Å². The number of aromatic nitrogens is 3. The van der Waals surface area contributed by atoms with Crippen molar-refractivity contribution in [2.45, 2.75) is 6.92 Å². The van der Waals surface area contributed by atoms with E-state index < -0.39 is 0 Å². The van der Waals surface area contributed by atoms with Gasteiger partial charge in [0.25, 0.3) is 0 Å². The lowest BCUT2D eigenvalue weighted by molar-refractivity contribution is -0.118. The molecule has 1 amide bonds. The second kappa shape index (κ2) is 3.61. The molecule has 0 spiro atoms. The second-order valence-corrected chi connectivity index (χ2v) is 2.19. The number of hydrazone groups is 1. The molecule has 0 bridgehead atoms. The van der Waals surface area contributed by atoms with Crippen LogP contribution in [0, 0.1) is 0 Å². The molecule has 0 atom stereocenters. The summed E-state index contributed by atoms with van der Waals surface area (Å²) < 4.78 is 0. The van der Waals surface area contributed by atoms with E-state index in [1.54, 1.807) is 13.2 Å². The quantitative estimate of drug-likeness (QED) is 0.467. The highest BCUT2D eigenvalue weighted by Crippen LogP contribution is 1.83. The van der Waals surface area contributed by atoms with E-state index in [1.165, 1.54) is 17.9 Å². The maximum atomic E-state index is 10.4. The molecule has 12 heavy (non-hydrogen) atoms. The van der Waals surface area contributed by atoms with Crippen molar-refractivity contribution in [3.63, 3.8) is 0 Å². The van der Waals surface area contributed by atoms with Gasteiger partial charge in [-0.05, 0) is 0 Å². The first kappa shape index (κ1) is 8.38. The maximum Gasteiger partial charge on any atom is 0.236 e. The van der Waals surface area contributed by atoms with Gasteiger partial charge >= 0.3 is 0 Å². The molecule has 1 aromatic rings. The molecule has 0 fully saturated rings. The van der Waals surface area contributed by atoms with Crippen LogP contribution in [-0.4, -0.2) is 27.1 Å². The highest BCUT2D eigenvalue weighted by Gasteiger charge is 1.91. The highest BCUT2D eigenvalue weighted by atomic mass is 16.2. The number of amides is 1. The van der Waals surface area contributed by atoms with Gasteiger partial charge in [0.15, 0.2) is 0 Å². The molecule has 6 nitrogen and oxygen atoms in total. The molecular weight excluding hydrogens is 158 g/mol. The van der Waals surface area contributed by atoms with Gasteiger partial charge in [0.2, 0.25) is 5.91 Å². The number of hydrogen-bond acceptors (Lipinski definition) is 4. The average molecular weight is 167 g/mol. The van der Waals surface area contributed by atoms with Crippen LogP contribution in [0.2, 0.25) is 0 Å². The third kappa shape index (κ3) is 2.49. The summed E-state index contributed by atoms with van der Waals surface area (Å²) in [6.07, 6.45) is 2.97. The summed E-state index contributed by atoms with van der Waals surface area (Å²) >= 11 is 0. The van der Waals surface area contributed by atoms with Gasteiger partial charge in [-0.25, -0.2) is 5.43 Å². The van der Waals surface area contributed by atoms with Crippen LogP contribution < -0.4 is 5.43 Å². The Balaban J connectivity index is 2.52. The Morgan fingerprint density at radius 2 is 2.58 bits per heavy atom. The van der Waals surface area contributed by atoms with Crippen molar-refractivity contribution in [2.24, 2.45) is 12.1 Å². The monoisotopic (exact) mass is 167 g/mol. The van der Waals surface area contributed by atoms with E-state index in [0.29, 0.717) is 5.69 Å².